The molecule has 166 valence electrons. The lowest BCUT2D eigenvalue weighted by molar-refractivity contribution is 0.261. The van der Waals surface area contributed by atoms with E-state index in [1.54, 1.807) is 13.2 Å². The van der Waals surface area contributed by atoms with Gasteiger partial charge in [0, 0.05) is 24.7 Å². The lowest BCUT2D eigenvalue weighted by Gasteiger charge is -2.32. The Balaban J connectivity index is 1.36. The average Bonchev–Trinajstić information content (AvgIpc) is 3.21. The molecule has 5 heteroatoms. The van der Waals surface area contributed by atoms with Crippen LogP contribution in [-0.4, -0.2) is 37.7 Å². The number of likely N-dealkylation sites (tertiary alicyclic amines) is 1. The molecule has 2 aliphatic rings. The molecule has 1 atom stereocenters. The highest BCUT2D eigenvalue weighted by Gasteiger charge is 2.30. The standard InChI is InChI=1S/C27H29FN2O2/c1-31-24-12-8-20(9-13-24)14-16-29-15-4-5-23(29)18-30-25-6-2-3-7-27(25)32-19-21-10-11-22(28)17-26(21)30/h2-3,6-13,17,23H,4-5,14-16,18-19H2,1H3/t23-/m1/s1. The molecule has 0 radical (unpaired) electrons. The monoisotopic (exact) mass is 432 g/mol. The van der Waals surface area contributed by atoms with Gasteiger partial charge in [-0.3, -0.25) is 4.90 Å². The summed E-state index contributed by atoms with van der Waals surface area (Å²) in [5.74, 6) is 1.53. The summed E-state index contributed by atoms with van der Waals surface area (Å²) in [6, 6.07) is 21.9. The number of hydrogen-bond acceptors (Lipinski definition) is 4. The minimum atomic E-state index is -0.212. The van der Waals surface area contributed by atoms with Crippen LogP contribution < -0.4 is 14.4 Å². The van der Waals surface area contributed by atoms with Gasteiger partial charge < -0.3 is 14.4 Å². The molecule has 3 aromatic rings. The van der Waals surface area contributed by atoms with Gasteiger partial charge in [0.05, 0.1) is 18.5 Å². The molecule has 2 heterocycles. The zero-order chi connectivity index (χ0) is 21.9. The van der Waals surface area contributed by atoms with E-state index in [1.807, 2.05) is 36.4 Å². The molecule has 3 aromatic carbocycles. The number of hydrogen-bond donors (Lipinski definition) is 0. The lowest BCUT2D eigenvalue weighted by Crippen LogP contribution is -2.39. The largest absolute Gasteiger partial charge is 0.497 e. The second kappa shape index (κ2) is 9.21. The van der Waals surface area contributed by atoms with E-state index in [0.29, 0.717) is 12.6 Å². The number of anilines is 2. The summed E-state index contributed by atoms with van der Waals surface area (Å²) in [6.45, 7) is 3.39. The van der Waals surface area contributed by atoms with Crippen molar-refractivity contribution in [1.29, 1.82) is 0 Å². The smallest absolute Gasteiger partial charge is 0.143 e. The summed E-state index contributed by atoms with van der Waals surface area (Å²) in [7, 11) is 1.69. The van der Waals surface area contributed by atoms with Crippen LogP contribution in [0.15, 0.2) is 66.7 Å². The first-order chi connectivity index (χ1) is 15.7. The second-order valence-electron chi connectivity index (χ2n) is 8.57. The fraction of sp³-hybridized carbons (Fsp3) is 0.333. The summed E-state index contributed by atoms with van der Waals surface area (Å²) in [5.41, 5.74) is 4.26. The van der Waals surface area contributed by atoms with Crippen LogP contribution in [0.25, 0.3) is 0 Å². The summed E-state index contributed by atoms with van der Waals surface area (Å²) in [6.07, 6.45) is 3.34. The molecule has 0 amide bonds. The van der Waals surface area contributed by atoms with Crippen LogP contribution in [0.3, 0.4) is 0 Å². The minimum Gasteiger partial charge on any atom is -0.497 e. The Morgan fingerprint density at radius 3 is 2.72 bits per heavy atom. The fourth-order valence-electron chi connectivity index (χ4n) is 4.87. The number of nitrogens with zero attached hydrogens (tertiary/aromatic N) is 2. The number of methoxy groups -OCH3 is 1. The predicted molar refractivity (Wildman–Crippen MR) is 125 cm³/mol. The van der Waals surface area contributed by atoms with Crippen molar-refractivity contribution in [2.75, 3.05) is 31.6 Å². The molecule has 2 aliphatic heterocycles. The van der Waals surface area contributed by atoms with Crippen LogP contribution in [0, 0.1) is 5.82 Å². The van der Waals surface area contributed by atoms with E-state index < -0.39 is 0 Å². The number of benzene rings is 3. The van der Waals surface area contributed by atoms with Gasteiger partial charge in [-0.05, 0) is 67.8 Å². The van der Waals surface area contributed by atoms with E-state index in [4.69, 9.17) is 9.47 Å². The third-order valence-electron chi connectivity index (χ3n) is 6.62. The van der Waals surface area contributed by atoms with E-state index in [9.17, 15) is 4.39 Å². The molecule has 0 bridgehead atoms. The van der Waals surface area contributed by atoms with Gasteiger partial charge in [-0.1, -0.05) is 30.3 Å². The van der Waals surface area contributed by atoms with Gasteiger partial charge in [-0.2, -0.15) is 0 Å². The molecule has 5 rings (SSSR count). The summed E-state index contributed by atoms with van der Waals surface area (Å²) < 4.78 is 25.6. The summed E-state index contributed by atoms with van der Waals surface area (Å²) in [4.78, 5) is 4.84. The highest BCUT2D eigenvalue weighted by molar-refractivity contribution is 5.73. The third kappa shape index (κ3) is 4.30. The molecule has 0 unspecified atom stereocenters. The first-order valence-electron chi connectivity index (χ1n) is 11.4. The number of rotatable bonds is 6. The highest BCUT2D eigenvalue weighted by Crippen LogP contribution is 2.40. The lowest BCUT2D eigenvalue weighted by atomic mass is 10.1. The van der Waals surface area contributed by atoms with Gasteiger partial charge in [0.2, 0.25) is 0 Å². The van der Waals surface area contributed by atoms with E-state index in [0.717, 1.165) is 60.9 Å². The zero-order valence-electron chi connectivity index (χ0n) is 18.5. The van der Waals surface area contributed by atoms with Crippen molar-refractivity contribution in [3.8, 4) is 11.5 Å². The van der Waals surface area contributed by atoms with Crippen LogP contribution in [0.2, 0.25) is 0 Å². The molecular formula is C27H29FN2O2. The Bertz CT molecular complexity index is 1070. The predicted octanol–water partition coefficient (Wildman–Crippen LogP) is 5.57. The number of para-hydroxylation sites is 2. The first kappa shape index (κ1) is 20.8. The van der Waals surface area contributed by atoms with Crippen molar-refractivity contribution in [1.82, 2.24) is 4.90 Å². The van der Waals surface area contributed by atoms with Gasteiger partial charge in [-0.25, -0.2) is 4.39 Å². The van der Waals surface area contributed by atoms with Crippen LogP contribution in [0.5, 0.6) is 11.5 Å². The molecule has 0 aromatic heterocycles. The van der Waals surface area contributed by atoms with Crippen LogP contribution in [0.4, 0.5) is 15.8 Å². The third-order valence-corrected chi connectivity index (χ3v) is 6.62. The van der Waals surface area contributed by atoms with E-state index in [2.05, 4.69) is 28.0 Å². The molecule has 0 aliphatic carbocycles. The Kier molecular flexibility index (Phi) is 5.99. The van der Waals surface area contributed by atoms with Gasteiger partial charge in [-0.15, -0.1) is 0 Å². The molecular weight excluding hydrogens is 403 g/mol. The molecule has 32 heavy (non-hydrogen) atoms. The number of halogens is 1. The first-order valence-corrected chi connectivity index (χ1v) is 11.4. The number of ether oxygens (including phenoxy) is 2. The zero-order valence-corrected chi connectivity index (χ0v) is 18.5. The van der Waals surface area contributed by atoms with E-state index in [-0.39, 0.29) is 5.82 Å². The maximum atomic E-state index is 14.2. The van der Waals surface area contributed by atoms with Gasteiger partial charge in [0.25, 0.3) is 0 Å². The maximum absolute atomic E-state index is 14.2. The van der Waals surface area contributed by atoms with Gasteiger partial charge >= 0.3 is 0 Å². The van der Waals surface area contributed by atoms with Crippen molar-refractivity contribution >= 4 is 11.4 Å². The molecule has 0 saturated carbocycles. The van der Waals surface area contributed by atoms with Gasteiger partial charge in [0.15, 0.2) is 0 Å². The molecule has 0 spiro atoms. The van der Waals surface area contributed by atoms with Crippen LogP contribution in [-0.2, 0) is 13.0 Å². The Morgan fingerprint density at radius 2 is 1.88 bits per heavy atom. The second-order valence-corrected chi connectivity index (χ2v) is 8.57. The molecule has 1 fully saturated rings. The van der Waals surface area contributed by atoms with Crippen molar-refractivity contribution in [3.63, 3.8) is 0 Å². The SMILES string of the molecule is COc1ccc(CCN2CCC[C@@H]2CN2c3cc(F)ccc3COc3ccccc32)cc1. The normalized spacial score (nSPS) is 17.9. The van der Waals surface area contributed by atoms with E-state index >= 15 is 0 Å². The average molecular weight is 433 g/mol. The van der Waals surface area contributed by atoms with Crippen LogP contribution >= 0.6 is 0 Å². The van der Waals surface area contributed by atoms with E-state index in [1.165, 1.54) is 18.1 Å². The summed E-state index contributed by atoms with van der Waals surface area (Å²) in [5, 5.41) is 0. The quantitative estimate of drug-likeness (QED) is 0.508. The van der Waals surface area contributed by atoms with Crippen LogP contribution in [0.1, 0.15) is 24.0 Å². The topological polar surface area (TPSA) is 24.9 Å². The Morgan fingerprint density at radius 1 is 1.03 bits per heavy atom. The Hall–Kier alpha value is -3.05. The van der Waals surface area contributed by atoms with Crippen molar-refractivity contribution in [2.45, 2.75) is 31.9 Å². The van der Waals surface area contributed by atoms with Gasteiger partial charge in [0.1, 0.15) is 23.9 Å². The molecule has 0 N–H and O–H groups in total. The minimum absolute atomic E-state index is 0.212. The fourth-order valence-corrected chi connectivity index (χ4v) is 4.87. The molecule has 4 nitrogen and oxygen atoms in total. The highest BCUT2D eigenvalue weighted by atomic mass is 19.1. The van der Waals surface area contributed by atoms with Crippen molar-refractivity contribution < 1.29 is 13.9 Å². The Labute approximate surface area is 189 Å². The summed E-state index contributed by atoms with van der Waals surface area (Å²) >= 11 is 0. The van der Waals surface area contributed by atoms with Crippen molar-refractivity contribution in [3.05, 3.63) is 83.7 Å². The number of fused-ring (bicyclic) bond motifs is 2. The maximum Gasteiger partial charge on any atom is 0.143 e. The molecule has 1 saturated heterocycles. The van der Waals surface area contributed by atoms with Crippen molar-refractivity contribution in [2.24, 2.45) is 0 Å².